The maximum absolute atomic E-state index is 11.6. The van der Waals surface area contributed by atoms with Crippen LogP contribution in [-0.4, -0.2) is 47.6 Å². The molecule has 2 fully saturated rings. The van der Waals surface area contributed by atoms with E-state index in [0.29, 0.717) is 5.92 Å². The summed E-state index contributed by atoms with van der Waals surface area (Å²) in [6.45, 7) is 8.32. The van der Waals surface area contributed by atoms with Gasteiger partial charge in [-0.05, 0) is 18.8 Å². The molecule has 2 aliphatic rings. The smallest absolute Gasteiger partial charge is 0.222 e. The van der Waals surface area contributed by atoms with E-state index < -0.39 is 0 Å². The molecule has 2 aliphatic heterocycles. The van der Waals surface area contributed by atoms with Crippen LogP contribution in [-0.2, 0) is 16.1 Å². The molecule has 122 valence electrons. The second-order valence-corrected chi connectivity index (χ2v) is 7.85. The molecule has 1 atom stereocenters. The summed E-state index contributed by atoms with van der Waals surface area (Å²) in [5.74, 6) is 0.654. The minimum absolute atomic E-state index is 0.0573. The Hall–Kier alpha value is -0.980. The number of carbonyl (C=O) groups excluding carboxylic acids is 1. The van der Waals surface area contributed by atoms with E-state index in [1.165, 1.54) is 5.01 Å². The number of likely N-dealkylation sites (tertiary alicyclic amines) is 1. The van der Waals surface area contributed by atoms with Gasteiger partial charge in [-0.2, -0.15) is 0 Å². The maximum atomic E-state index is 11.6. The zero-order valence-electron chi connectivity index (χ0n) is 13.4. The summed E-state index contributed by atoms with van der Waals surface area (Å²) >= 11 is 1.71. The van der Waals surface area contributed by atoms with Crippen LogP contribution in [0.3, 0.4) is 0 Å². The molecule has 3 heterocycles. The molecular formula is C16H25N3O2S. The number of thiazole rings is 1. The number of aromatic nitrogens is 1. The molecule has 3 rings (SSSR count). The first-order valence-electron chi connectivity index (χ1n) is 8.09. The quantitative estimate of drug-likeness (QED) is 0.899. The zero-order valence-corrected chi connectivity index (χ0v) is 14.2. The average molecular weight is 323 g/mol. The summed E-state index contributed by atoms with van der Waals surface area (Å²) in [5, 5.41) is 6.22. The van der Waals surface area contributed by atoms with Crippen LogP contribution >= 0.6 is 11.3 Å². The standard InChI is InChI=1S/C16H25N3O2S/c1-12(2)15(20)18-7-13-3-4-16(21-9-13)10-19(11-16)8-14-17-5-6-22-14/h5-6,12-13H,3-4,7-11H2,1-2H3,(H,18,20). The van der Waals surface area contributed by atoms with Gasteiger partial charge in [-0.1, -0.05) is 13.8 Å². The Labute approximate surface area is 136 Å². The lowest BCUT2D eigenvalue weighted by molar-refractivity contribution is -0.181. The molecule has 0 aliphatic carbocycles. The summed E-state index contributed by atoms with van der Waals surface area (Å²) < 4.78 is 6.15. The molecule has 1 spiro atoms. The van der Waals surface area contributed by atoms with Crippen molar-refractivity contribution < 1.29 is 9.53 Å². The van der Waals surface area contributed by atoms with Crippen molar-refractivity contribution in [3.05, 3.63) is 16.6 Å². The minimum atomic E-state index is 0.0573. The normalized spacial score (nSPS) is 24.4. The molecule has 0 bridgehead atoms. The molecule has 0 aromatic carbocycles. The Morgan fingerprint density at radius 2 is 2.41 bits per heavy atom. The van der Waals surface area contributed by atoms with Crippen molar-refractivity contribution in [2.24, 2.45) is 11.8 Å². The second-order valence-electron chi connectivity index (χ2n) is 6.87. The Morgan fingerprint density at radius 3 is 3.00 bits per heavy atom. The number of carbonyl (C=O) groups is 1. The van der Waals surface area contributed by atoms with Gasteiger partial charge < -0.3 is 10.1 Å². The molecule has 1 aromatic heterocycles. The summed E-state index contributed by atoms with van der Waals surface area (Å²) in [4.78, 5) is 18.3. The molecule has 22 heavy (non-hydrogen) atoms. The highest BCUT2D eigenvalue weighted by Crippen LogP contribution is 2.36. The van der Waals surface area contributed by atoms with E-state index in [2.05, 4.69) is 15.2 Å². The maximum Gasteiger partial charge on any atom is 0.222 e. The van der Waals surface area contributed by atoms with Gasteiger partial charge in [-0.25, -0.2) is 4.98 Å². The molecule has 1 amide bonds. The van der Waals surface area contributed by atoms with Gasteiger partial charge >= 0.3 is 0 Å². The Morgan fingerprint density at radius 1 is 1.59 bits per heavy atom. The third-order valence-corrected chi connectivity index (χ3v) is 5.35. The van der Waals surface area contributed by atoms with E-state index in [1.54, 1.807) is 11.3 Å². The number of hydrogen-bond acceptors (Lipinski definition) is 5. The van der Waals surface area contributed by atoms with Gasteiger partial charge in [-0.3, -0.25) is 9.69 Å². The Bertz CT molecular complexity index is 487. The number of rotatable bonds is 5. The van der Waals surface area contributed by atoms with Crippen molar-refractivity contribution in [1.29, 1.82) is 0 Å². The molecule has 0 radical (unpaired) electrons. The summed E-state index contributed by atoms with van der Waals surface area (Å²) in [7, 11) is 0. The number of hydrogen-bond donors (Lipinski definition) is 1. The van der Waals surface area contributed by atoms with E-state index in [9.17, 15) is 4.79 Å². The largest absolute Gasteiger partial charge is 0.372 e. The van der Waals surface area contributed by atoms with Gasteiger partial charge in [0.1, 0.15) is 5.01 Å². The van der Waals surface area contributed by atoms with Crippen LogP contribution in [0, 0.1) is 11.8 Å². The predicted octanol–water partition coefficient (Wildman–Crippen LogP) is 1.90. The highest BCUT2D eigenvalue weighted by molar-refractivity contribution is 7.09. The first-order valence-corrected chi connectivity index (χ1v) is 8.97. The highest BCUT2D eigenvalue weighted by Gasteiger charge is 2.46. The Kier molecular flexibility index (Phi) is 4.80. The highest BCUT2D eigenvalue weighted by atomic mass is 32.1. The van der Waals surface area contributed by atoms with Gasteiger partial charge in [-0.15, -0.1) is 11.3 Å². The number of ether oxygens (including phenoxy) is 1. The molecule has 2 saturated heterocycles. The lowest BCUT2D eigenvalue weighted by Crippen LogP contribution is -2.64. The van der Waals surface area contributed by atoms with Crippen LogP contribution in [0.2, 0.25) is 0 Å². The zero-order chi connectivity index (χ0) is 15.6. The SMILES string of the molecule is CC(C)C(=O)NCC1CCC2(CN(Cc3nccs3)C2)OC1. The number of nitrogens with zero attached hydrogens (tertiary/aromatic N) is 2. The molecule has 0 saturated carbocycles. The molecule has 5 nitrogen and oxygen atoms in total. The van der Waals surface area contributed by atoms with E-state index in [-0.39, 0.29) is 17.4 Å². The number of amides is 1. The third kappa shape index (κ3) is 3.67. The fraction of sp³-hybridized carbons (Fsp3) is 0.750. The lowest BCUT2D eigenvalue weighted by Gasteiger charge is -2.52. The summed E-state index contributed by atoms with van der Waals surface area (Å²) in [5.41, 5.74) is 0.0653. The van der Waals surface area contributed by atoms with E-state index in [1.807, 2.05) is 25.4 Å². The van der Waals surface area contributed by atoms with Crippen LogP contribution in [0.4, 0.5) is 0 Å². The molecular weight excluding hydrogens is 298 g/mol. The molecule has 1 aromatic rings. The second kappa shape index (κ2) is 6.64. The van der Waals surface area contributed by atoms with Crippen LogP contribution in [0.15, 0.2) is 11.6 Å². The van der Waals surface area contributed by atoms with Crippen molar-refractivity contribution in [1.82, 2.24) is 15.2 Å². The van der Waals surface area contributed by atoms with Crippen LogP contribution < -0.4 is 5.32 Å². The topological polar surface area (TPSA) is 54.5 Å². The first-order chi connectivity index (χ1) is 10.6. The summed E-state index contributed by atoms with van der Waals surface area (Å²) in [6.07, 6.45) is 4.11. The first kappa shape index (κ1) is 15.9. The van der Waals surface area contributed by atoms with Crippen LogP contribution in [0.5, 0.6) is 0 Å². The molecule has 1 N–H and O–H groups in total. The fourth-order valence-corrected chi connectivity index (χ4v) is 3.84. The van der Waals surface area contributed by atoms with Crippen molar-refractivity contribution in [3.63, 3.8) is 0 Å². The van der Waals surface area contributed by atoms with Gasteiger partial charge in [0.05, 0.1) is 18.8 Å². The van der Waals surface area contributed by atoms with Gasteiger partial charge in [0.25, 0.3) is 0 Å². The van der Waals surface area contributed by atoms with Gasteiger partial charge in [0.15, 0.2) is 0 Å². The molecule has 1 unspecified atom stereocenters. The van der Waals surface area contributed by atoms with Gasteiger partial charge in [0, 0.05) is 37.1 Å². The monoisotopic (exact) mass is 323 g/mol. The summed E-state index contributed by atoms with van der Waals surface area (Å²) in [6, 6.07) is 0. The number of nitrogens with one attached hydrogen (secondary N) is 1. The van der Waals surface area contributed by atoms with E-state index in [4.69, 9.17) is 4.74 Å². The Balaban J connectivity index is 1.37. The van der Waals surface area contributed by atoms with Crippen molar-refractivity contribution in [3.8, 4) is 0 Å². The van der Waals surface area contributed by atoms with Gasteiger partial charge in [0.2, 0.25) is 5.91 Å². The van der Waals surface area contributed by atoms with Crippen LogP contribution in [0.25, 0.3) is 0 Å². The van der Waals surface area contributed by atoms with E-state index >= 15 is 0 Å². The lowest BCUT2D eigenvalue weighted by atomic mass is 9.83. The van der Waals surface area contributed by atoms with Crippen molar-refractivity contribution in [2.45, 2.75) is 38.8 Å². The predicted molar refractivity (Wildman–Crippen MR) is 86.6 cm³/mol. The minimum Gasteiger partial charge on any atom is -0.372 e. The fourth-order valence-electron chi connectivity index (χ4n) is 3.18. The third-order valence-electron chi connectivity index (χ3n) is 4.59. The van der Waals surface area contributed by atoms with Crippen molar-refractivity contribution in [2.75, 3.05) is 26.2 Å². The van der Waals surface area contributed by atoms with E-state index in [0.717, 1.165) is 45.6 Å². The average Bonchev–Trinajstić information content (AvgIpc) is 2.97. The van der Waals surface area contributed by atoms with Crippen LogP contribution in [0.1, 0.15) is 31.7 Å². The molecule has 6 heteroatoms. The van der Waals surface area contributed by atoms with Crippen molar-refractivity contribution >= 4 is 17.2 Å².